The summed E-state index contributed by atoms with van der Waals surface area (Å²) in [5, 5.41) is 12.2. The molecule has 3 rings (SSSR count). The molecule has 3 aromatic rings. The number of rotatable bonds is 10. The lowest BCUT2D eigenvalue weighted by atomic mass is 9.94. The van der Waals surface area contributed by atoms with Crippen LogP contribution in [0.2, 0.25) is 0 Å². The summed E-state index contributed by atoms with van der Waals surface area (Å²) in [6.45, 7) is 0.354. The molecule has 5 nitrogen and oxygen atoms in total. The van der Waals surface area contributed by atoms with E-state index in [4.69, 9.17) is 9.84 Å². The number of aliphatic carboxylic acids is 1. The molecule has 0 saturated carbocycles. The highest BCUT2D eigenvalue weighted by molar-refractivity contribution is 5.96. The van der Waals surface area contributed by atoms with Crippen LogP contribution >= 0.6 is 0 Å². The van der Waals surface area contributed by atoms with E-state index in [2.05, 4.69) is 5.32 Å². The summed E-state index contributed by atoms with van der Waals surface area (Å²) in [6.07, 6.45) is -4.56. The summed E-state index contributed by atoms with van der Waals surface area (Å²) in [7, 11) is 1.44. The fourth-order valence-electron chi connectivity index (χ4n) is 3.62. The Labute approximate surface area is 195 Å². The number of alkyl halides is 3. The van der Waals surface area contributed by atoms with Crippen molar-refractivity contribution in [3.63, 3.8) is 0 Å². The standard InChI is InChI=1S/C26H24F3NO4/c1-34-24-10-7-17(14-25(32)33)13-22(24)21-9-8-20(26(27,28)29)15-19(21)16-30-12-11-23(31)18-5-3-2-4-6-18/h2-10,13,15,30H,11-12,14,16H2,1H3,(H,32,33). The van der Waals surface area contributed by atoms with Crippen molar-refractivity contribution >= 4 is 11.8 Å². The van der Waals surface area contributed by atoms with Gasteiger partial charge in [0.15, 0.2) is 5.78 Å². The van der Waals surface area contributed by atoms with Crippen molar-refractivity contribution in [3.05, 3.63) is 89.0 Å². The van der Waals surface area contributed by atoms with Gasteiger partial charge in [-0.2, -0.15) is 13.2 Å². The molecule has 2 N–H and O–H groups in total. The summed E-state index contributed by atoms with van der Waals surface area (Å²) in [5.74, 6) is -0.677. The van der Waals surface area contributed by atoms with Gasteiger partial charge in [0, 0.05) is 30.6 Å². The molecule has 0 unspecified atom stereocenters. The number of Topliss-reactive ketones (excluding diaryl/α,β-unsaturated/α-hetero) is 1. The third-order valence-corrected chi connectivity index (χ3v) is 5.28. The van der Waals surface area contributed by atoms with E-state index in [0.717, 1.165) is 12.1 Å². The second-order valence-corrected chi connectivity index (χ2v) is 7.69. The fraction of sp³-hybridized carbons (Fsp3) is 0.231. The maximum Gasteiger partial charge on any atom is 0.416 e. The van der Waals surface area contributed by atoms with E-state index < -0.39 is 17.7 Å². The predicted octanol–water partition coefficient (Wildman–Crippen LogP) is 5.37. The Kier molecular flexibility index (Phi) is 8.07. The number of carbonyl (C=O) groups excluding carboxylic acids is 1. The molecular weight excluding hydrogens is 447 g/mol. The number of halogens is 3. The van der Waals surface area contributed by atoms with E-state index in [1.54, 1.807) is 42.5 Å². The lowest BCUT2D eigenvalue weighted by Gasteiger charge is -2.17. The maximum absolute atomic E-state index is 13.4. The van der Waals surface area contributed by atoms with Crippen molar-refractivity contribution in [2.75, 3.05) is 13.7 Å². The largest absolute Gasteiger partial charge is 0.496 e. The zero-order valence-corrected chi connectivity index (χ0v) is 18.5. The topological polar surface area (TPSA) is 75.6 Å². The molecule has 0 aromatic heterocycles. The molecule has 8 heteroatoms. The van der Waals surface area contributed by atoms with Gasteiger partial charge in [-0.05, 0) is 41.0 Å². The first-order valence-corrected chi connectivity index (χ1v) is 10.6. The normalized spacial score (nSPS) is 11.3. The van der Waals surface area contributed by atoms with Gasteiger partial charge >= 0.3 is 12.1 Å². The zero-order valence-electron chi connectivity index (χ0n) is 18.5. The van der Waals surface area contributed by atoms with Crippen LogP contribution in [0.5, 0.6) is 5.75 Å². The molecule has 0 aliphatic heterocycles. The number of hydrogen-bond donors (Lipinski definition) is 2. The first-order valence-electron chi connectivity index (χ1n) is 10.6. The molecule has 0 bridgehead atoms. The Balaban J connectivity index is 1.87. The van der Waals surface area contributed by atoms with Crippen molar-refractivity contribution in [2.45, 2.75) is 25.6 Å². The van der Waals surface area contributed by atoms with Gasteiger partial charge in [0.1, 0.15) is 5.75 Å². The van der Waals surface area contributed by atoms with E-state index in [1.807, 2.05) is 6.07 Å². The summed E-state index contributed by atoms with van der Waals surface area (Å²) in [6, 6.07) is 17.0. The van der Waals surface area contributed by atoms with Gasteiger partial charge in [-0.1, -0.05) is 42.5 Å². The molecule has 0 saturated heterocycles. The molecule has 0 spiro atoms. The predicted molar refractivity (Wildman–Crippen MR) is 122 cm³/mol. The fourth-order valence-corrected chi connectivity index (χ4v) is 3.62. The highest BCUT2D eigenvalue weighted by Gasteiger charge is 2.31. The van der Waals surface area contributed by atoms with Gasteiger partial charge in [0.05, 0.1) is 19.1 Å². The monoisotopic (exact) mass is 471 g/mol. The number of nitrogens with one attached hydrogen (secondary N) is 1. The first-order chi connectivity index (χ1) is 16.2. The van der Waals surface area contributed by atoms with Gasteiger partial charge in [0.25, 0.3) is 0 Å². The maximum atomic E-state index is 13.4. The highest BCUT2D eigenvalue weighted by atomic mass is 19.4. The Morgan fingerprint density at radius 3 is 2.35 bits per heavy atom. The Morgan fingerprint density at radius 2 is 1.71 bits per heavy atom. The number of ketones is 1. The average molecular weight is 471 g/mol. The molecule has 178 valence electrons. The molecule has 0 radical (unpaired) electrons. The van der Waals surface area contributed by atoms with Gasteiger partial charge in [0.2, 0.25) is 0 Å². The van der Waals surface area contributed by atoms with Crippen LogP contribution in [0.25, 0.3) is 11.1 Å². The number of carboxylic acids is 1. The number of carbonyl (C=O) groups is 2. The van der Waals surface area contributed by atoms with Crippen LogP contribution in [0.4, 0.5) is 13.2 Å². The molecule has 0 fully saturated rings. The molecule has 0 aliphatic carbocycles. The van der Waals surface area contributed by atoms with Crippen LogP contribution in [0, 0.1) is 0 Å². The summed E-state index contributed by atoms with van der Waals surface area (Å²) in [4.78, 5) is 23.4. The molecule has 34 heavy (non-hydrogen) atoms. The molecule has 0 amide bonds. The lowest BCUT2D eigenvalue weighted by molar-refractivity contribution is -0.138. The van der Waals surface area contributed by atoms with Gasteiger partial charge in [-0.15, -0.1) is 0 Å². The Bertz CT molecular complexity index is 1160. The number of benzene rings is 3. The minimum Gasteiger partial charge on any atom is -0.496 e. The number of hydrogen-bond acceptors (Lipinski definition) is 4. The van der Waals surface area contributed by atoms with Crippen LogP contribution in [-0.4, -0.2) is 30.5 Å². The first kappa shape index (κ1) is 25.0. The van der Waals surface area contributed by atoms with Gasteiger partial charge < -0.3 is 15.2 Å². The third kappa shape index (κ3) is 6.45. The minimum absolute atomic E-state index is 0.0691. The SMILES string of the molecule is COc1ccc(CC(=O)O)cc1-c1ccc(C(F)(F)F)cc1CNCCC(=O)c1ccccc1. The molecule has 0 atom stereocenters. The van der Waals surface area contributed by atoms with E-state index in [9.17, 15) is 22.8 Å². The zero-order chi connectivity index (χ0) is 24.7. The van der Waals surface area contributed by atoms with Crippen molar-refractivity contribution in [1.82, 2.24) is 5.32 Å². The van der Waals surface area contributed by atoms with Gasteiger partial charge in [-0.25, -0.2) is 0 Å². The lowest BCUT2D eigenvalue weighted by Crippen LogP contribution is -2.19. The van der Waals surface area contributed by atoms with Crippen LogP contribution in [0.1, 0.15) is 33.5 Å². The highest BCUT2D eigenvalue weighted by Crippen LogP contribution is 2.37. The van der Waals surface area contributed by atoms with Crippen LogP contribution in [0.15, 0.2) is 66.7 Å². The number of ether oxygens (including phenoxy) is 1. The van der Waals surface area contributed by atoms with E-state index in [1.165, 1.54) is 13.2 Å². The number of carboxylic acid groups (broad SMARTS) is 1. The van der Waals surface area contributed by atoms with Crippen molar-refractivity contribution in [1.29, 1.82) is 0 Å². The van der Waals surface area contributed by atoms with Crippen molar-refractivity contribution < 1.29 is 32.6 Å². The Hall–Kier alpha value is -3.65. The summed E-state index contributed by atoms with van der Waals surface area (Å²) in [5.41, 5.74) is 1.60. The van der Waals surface area contributed by atoms with Crippen molar-refractivity contribution in [2.24, 2.45) is 0 Å². The molecular formula is C26H24F3NO4. The number of methoxy groups -OCH3 is 1. The average Bonchev–Trinajstić information content (AvgIpc) is 2.81. The van der Waals surface area contributed by atoms with E-state index in [-0.39, 0.29) is 31.7 Å². The van der Waals surface area contributed by atoms with Crippen molar-refractivity contribution in [3.8, 4) is 16.9 Å². The van der Waals surface area contributed by atoms with E-state index >= 15 is 0 Å². The third-order valence-electron chi connectivity index (χ3n) is 5.28. The second-order valence-electron chi connectivity index (χ2n) is 7.69. The smallest absolute Gasteiger partial charge is 0.416 e. The quantitative estimate of drug-likeness (QED) is 0.307. The van der Waals surface area contributed by atoms with Gasteiger partial charge in [-0.3, -0.25) is 9.59 Å². The van der Waals surface area contributed by atoms with Crippen LogP contribution < -0.4 is 10.1 Å². The second kappa shape index (κ2) is 11.0. The Morgan fingerprint density at radius 1 is 0.971 bits per heavy atom. The molecule has 0 aliphatic rings. The molecule has 0 heterocycles. The summed E-state index contributed by atoms with van der Waals surface area (Å²) < 4.78 is 45.5. The van der Waals surface area contributed by atoms with E-state index in [0.29, 0.717) is 33.6 Å². The van der Waals surface area contributed by atoms with Crippen LogP contribution in [-0.2, 0) is 23.9 Å². The minimum atomic E-state index is -4.52. The summed E-state index contributed by atoms with van der Waals surface area (Å²) >= 11 is 0. The van der Waals surface area contributed by atoms with Crippen LogP contribution in [0.3, 0.4) is 0 Å². The molecule has 3 aromatic carbocycles.